The van der Waals surface area contributed by atoms with Crippen molar-refractivity contribution >= 4 is 27.3 Å². The van der Waals surface area contributed by atoms with Gasteiger partial charge in [-0.3, -0.25) is 0 Å². The van der Waals surface area contributed by atoms with Gasteiger partial charge in [0.2, 0.25) is 0 Å². The molecule has 1 N–H and O–H groups in total. The Kier molecular flexibility index (Phi) is 2.79. The summed E-state index contributed by atoms with van der Waals surface area (Å²) < 4.78 is 0.785. The zero-order valence-electron chi connectivity index (χ0n) is 7.14. The van der Waals surface area contributed by atoms with Gasteiger partial charge in [-0.05, 0) is 33.6 Å². The molecule has 0 radical (unpaired) electrons. The lowest BCUT2D eigenvalue weighted by molar-refractivity contribution is 0.474. The molecule has 3 nitrogen and oxygen atoms in total. The largest absolute Gasteiger partial charge is 0.508 e. The predicted octanol–water partition coefficient (Wildman–Crippen LogP) is 2.60. The second kappa shape index (κ2) is 4.06. The Hall–Kier alpha value is -0.940. The number of phenols is 1. The number of hydrogen-bond acceptors (Lipinski definition) is 4. The van der Waals surface area contributed by atoms with Crippen molar-refractivity contribution in [1.82, 2.24) is 10.2 Å². The van der Waals surface area contributed by atoms with Gasteiger partial charge in [0.05, 0.1) is 0 Å². The average molecular weight is 271 g/mol. The van der Waals surface area contributed by atoms with Crippen LogP contribution in [0.3, 0.4) is 0 Å². The van der Waals surface area contributed by atoms with Crippen LogP contribution in [0, 0.1) is 0 Å². The molecule has 0 bridgehead atoms. The van der Waals surface area contributed by atoms with Crippen molar-refractivity contribution in [2.24, 2.45) is 0 Å². The van der Waals surface area contributed by atoms with Crippen LogP contribution in [-0.2, 0) is 6.42 Å². The lowest BCUT2D eigenvalue weighted by atomic mass is 10.1. The van der Waals surface area contributed by atoms with E-state index in [1.807, 2.05) is 12.1 Å². The van der Waals surface area contributed by atoms with Crippen LogP contribution in [0.4, 0.5) is 0 Å². The SMILES string of the molecule is Oc1cccc(Cc2nnc(Br)s2)c1. The first kappa shape index (κ1) is 9.61. The first-order valence-corrected chi connectivity index (χ1v) is 5.61. The zero-order valence-corrected chi connectivity index (χ0v) is 9.55. The second-order valence-corrected chi connectivity index (χ2v) is 5.13. The van der Waals surface area contributed by atoms with Gasteiger partial charge in [-0.25, -0.2) is 0 Å². The Morgan fingerprint density at radius 3 is 2.86 bits per heavy atom. The zero-order chi connectivity index (χ0) is 9.97. The van der Waals surface area contributed by atoms with E-state index in [1.165, 1.54) is 11.3 Å². The van der Waals surface area contributed by atoms with Crippen molar-refractivity contribution in [2.45, 2.75) is 6.42 Å². The molecule has 0 aliphatic heterocycles. The van der Waals surface area contributed by atoms with Gasteiger partial charge in [0, 0.05) is 6.42 Å². The average Bonchev–Trinajstić information content (AvgIpc) is 2.51. The van der Waals surface area contributed by atoms with Gasteiger partial charge in [0.1, 0.15) is 10.8 Å². The van der Waals surface area contributed by atoms with Gasteiger partial charge in [0.25, 0.3) is 0 Å². The molecule has 1 aromatic carbocycles. The third-order valence-corrected chi connectivity index (χ3v) is 3.06. The highest BCUT2D eigenvalue weighted by molar-refractivity contribution is 9.11. The number of aromatic hydroxyl groups is 1. The first-order chi connectivity index (χ1) is 6.74. The van der Waals surface area contributed by atoms with Crippen molar-refractivity contribution < 1.29 is 5.11 Å². The molecule has 0 amide bonds. The fourth-order valence-corrected chi connectivity index (χ4v) is 2.38. The Labute approximate surface area is 93.6 Å². The number of rotatable bonds is 2. The van der Waals surface area contributed by atoms with E-state index in [-0.39, 0.29) is 5.75 Å². The normalized spacial score (nSPS) is 10.4. The lowest BCUT2D eigenvalue weighted by Crippen LogP contribution is -1.86. The molecule has 2 rings (SSSR count). The molecule has 2 aromatic rings. The predicted molar refractivity (Wildman–Crippen MR) is 58.5 cm³/mol. The summed E-state index contributed by atoms with van der Waals surface area (Å²) >= 11 is 4.76. The van der Waals surface area contributed by atoms with Crippen LogP contribution in [-0.4, -0.2) is 15.3 Å². The molecule has 0 spiro atoms. The topological polar surface area (TPSA) is 46.0 Å². The Morgan fingerprint density at radius 2 is 2.21 bits per heavy atom. The van der Waals surface area contributed by atoms with Crippen LogP contribution in [0.15, 0.2) is 28.2 Å². The molecule has 72 valence electrons. The molecule has 0 fully saturated rings. The highest BCUT2D eigenvalue weighted by atomic mass is 79.9. The van der Waals surface area contributed by atoms with Crippen LogP contribution in [0.25, 0.3) is 0 Å². The Morgan fingerprint density at radius 1 is 1.36 bits per heavy atom. The maximum atomic E-state index is 9.25. The minimum absolute atomic E-state index is 0.283. The van der Waals surface area contributed by atoms with Crippen LogP contribution >= 0.6 is 27.3 Å². The van der Waals surface area contributed by atoms with Crippen LogP contribution < -0.4 is 0 Å². The van der Waals surface area contributed by atoms with Gasteiger partial charge < -0.3 is 5.11 Å². The van der Waals surface area contributed by atoms with E-state index in [9.17, 15) is 5.11 Å². The molecule has 1 aromatic heterocycles. The van der Waals surface area contributed by atoms with Crippen LogP contribution in [0.2, 0.25) is 0 Å². The minimum Gasteiger partial charge on any atom is -0.508 e. The fraction of sp³-hybridized carbons (Fsp3) is 0.111. The quantitative estimate of drug-likeness (QED) is 0.913. The molecule has 0 aliphatic carbocycles. The molecular formula is C9H7BrN2OS. The third-order valence-electron chi connectivity index (χ3n) is 1.71. The van der Waals surface area contributed by atoms with Gasteiger partial charge in [0.15, 0.2) is 3.92 Å². The summed E-state index contributed by atoms with van der Waals surface area (Å²) in [4.78, 5) is 0. The molecule has 0 saturated carbocycles. The fourth-order valence-electron chi connectivity index (χ4n) is 1.15. The van der Waals surface area contributed by atoms with Crippen molar-refractivity contribution in [3.05, 3.63) is 38.8 Å². The number of aromatic nitrogens is 2. The van der Waals surface area contributed by atoms with Gasteiger partial charge in [-0.1, -0.05) is 23.5 Å². The number of nitrogens with zero attached hydrogens (tertiary/aromatic N) is 2. The summed E-state index contributed by atoms with van der Waals surface area (Å²) in [5.74, 6) is 0.283. The van der Waals surface area contributed by atoms with Crippen molar-refractivity contribution in [2.75, 3.05) is 0 Å². The van der Waals surface area contributed by atoms with Gasteiger partial charge >= 0.3 is 0 Å². The highest BCUT2D eigenvalue weighted by Crippen LogP contribution is 2.20. The summed E-state index contributed by atoms with van der Waals surface area (Å²) in [7, 11) is 0. The van der Waals surface area contributed by atoms with E-state index in [4.69, 9.17) is 0 Å². The molecule has 0 aliphatic rings. The number of phenolic OH excluding ortho intramolecular Hbond substituents is 1. The van der Waals surface area contributed by atoms with Gasteiger partial charge in [-0.2, -0.15) is 0 Å². The van der Waals surface area contributed by atoms with Crippen molar-refractivity contribution in [3.63, 3.8) is 0 Å². The maximum absolute atomic E-state index is 9.25. The monoisotopic (exact) mass is 270 g/mol. The second-order valence-electron chi connectivity index (χ2n) is 2.80. The van der Waals surface area contributed by atoms with E-state index < -0.39 is 0 Å². The molecule has 0 atom stereocenters. The smallest absolute Gasteiger partial charge is 0.183 e. The van der Waals surface area contributed by atoms with Crippen molar-refractivity contribution in [1.29, 1.82) is 0 Å². The number of halogens is 1. The third kappa shape index (κ3) is 2.30. The molecule has 5 heteroatoms. The van der Waals surface area contributed by atoms with Crippen molar-refractivity contribution in [3.8, 4) is 5.75 Å². The summed E-state index contributed by atoms with van der Waals surface area (Å²) in [6.45, 7) is 0. The van der Waals surface area contributed by atoms with E-state index >= 15 is 0 Å². The molecule has 14 heavy (non-hydrogen) atoms. The Bertz CT molecular complexity index is 444. The number of hydrogen-bond donors (Lipinski definition) is 1. The minimum atomic E-state index is 0.283. The summed E-state index contributed by atoms with van der Waals surface area (Å²) in [5.41, 5.74) is 1.04. The molecule has 0 unspecified atom stereocenters. The maximum Gasteiger partial charge on any atom is 0.183 e. The van der Waals surface area contributed by atoms with Crippen LogP contribution in [0.1, 0.15) is 10.6 Å². The molecule has 0 saturated heterocycles. The van der Waals surface area contributed by atoms with Gasteiger partial charge in [-0.15, -0.1) is 10.2 Å². The summed E-state index contributed by atoms with van der Waals surface area (Å²) in [6.07, 6.45) is 0.706. The lowest BCUT2D eigenvalue weighted by Gasteiger charge is -1.97. The van der Waals surface area contributed by atoms with E-state index in [0.717, 1.165) is 14.5 Å². The van der Waals surface area contributed by atoms with E-state index in [2.05, 4.69) is 26.1 Å². The summed E-state index contributed by atoms with van der Waals surface area (Å²) in [5, 5.41) is 18.0. The highest BCUT2D eigenvalue weighted by Gasteiger charge is 2.03. The molecular weight excluding hydrogens is 264 g/mol. The standard InChI is InChI=1S/C9H7BrN2OS/c10-9-12-11-8(14-9)5-6-2-1-3-7(13)4-6/h1-4,13H,5H2. The Balaban J connectivity index is 2.18. The van der Waals surface area contributed by atoms with E-state index in [1.54, 1.807) is 12.1 Å². The van der Waals surface area contributed by atoms with Crippen LogP contribution in [0.5, 0.6) is 5.75 Å². The summed E-state index contributed by atoms with van der Waals surface area (Å²) in [6, 6.07) is 7.16. The van der Waals surface area contributed by atoms with E-state index in [0.29, 0.717) is 6.42 Å². The first-order valence-electron chi connectivity index (χ1n) is 4.00. The molecule has 1 heterocycles. The number of benzene rings is 1.